The van der Waals surface area contributed by atoms with E-state index >= 15 is 0 Å². The fourth-order valence-corrected chi connectivity index (χ4v) is 5.48. The molecule has 1 saturated carbocycles. The van der Waals surface area contributed by atoms with Crippen LogP contribution in [0.2, 0.25) is 0 Å². The molecule has 0 saturated heterocycles. The van der Waals surface area contributed by atoms with Crippen LogP contribution in [0.3, 0.4) is 0 Å². The Morgan fingerprint density at radius 1 is 1.13 bits per heavy atom. The van der Waals surface area contributed by atoms with Gasteiger partial charge in [0.1, 0.15) is 13.3 Å². The molecule has 1 aromatic rings. The van der Waals surface area contributed by atoms with Gasteiger partial charge >= 0.3 is 0 Å². The molecule has 1 aliphatic carbocycles. The van der Waals surface area contributed by atoms with Crippen LogP contribution in [-0.2, 0) is 28.1 Å². The molecule has 6 nitrogen and oxygen atoms in total. The number of nitrogens with one attached hydrogen (secondary N) is 1. The summed E-state index contributed by atoms with van der Waals surface area (Å²) < 4.78 is 60.1. The van der Waals surface area contributed by atoms with Crippen molar-refractivity contribution in [3.8, 4) is 0 Å². The van der Waals surface area contributed by atoms with E-state index in [1.807, 2.05) is 0 Å². The monoisotopic (exact) mass is 462 g/mol. The maximum Gasteiger partial charge on any atom is 0.241 e. The van der Waals surface area contributed by atoms with E-state index in [9.17, 15) is 17.2 Å². The number of unbranched alkanes of at least 4 members (excludes halogenated alkanes) is 1. The third kappa shape index (κ3) is 8.38. The summed E-state index contributed by atoms with van der Waals surface area (Å²) in [5, 5.41) is 9.01. The second-order valence-electron chi connectivity index (χ2n) is 8.04. The molecule has 0 amide bonds. The third-order valence-corrected chi connectivity index (χ3v) is 7.42. The Morgan fingerprint density at radius 2 is 1.87 bits per heavy atom. The first-order valence-corrected chi connectivity index (χ1v) is 12.6. The van der Waals surface area contributed by atoms with Gasteiger partial charge in [-0.25, -0.2) is 21.9 Å². The molecule has 9 heteroatoms. The minimum absolute atomic E-state index is 0.0136. The molecular weight excluding hydrogens is 426 g/mol. The SMILES string of the molecule is CCN(CCO)CCCCOC1CCC(NS(=O)(=O)c2ccc(CF)cc2CF)CC1. The lowest BCUT2D eigenvalue weighted by Gasteiger charge is -2.29. The zero-order valence-corrected chi connectivity index (χ0v) is 19.2. The van der Waals surface area contributed by atoms with Crippen LogP contribution in [0.1, 0.15) is 56.6 Å². The van der Waals surface area contributed by atoms with Gasteiger partial charge in [0.05, 0.1) is 17.6 Å². The van der Waals surface area contributed by atoms with E-state index in [1.54, 1.807) is 0 Å². The van der Waals surface area contributed by atoms with Gasteiger partial charge in [0.15, 0.2) is 0 Å². The number of nitrogens with zero attached hydrogens (tertiary/aromatic N) is 1. The van der Waals surface area contributed by atoms with Gasteiger partial charge in [-0.3, -0.25) is 0 Å². The number of aliphatic hydroxyl groups is 1. The molecule has 0 unspecified atom stereocenters. The van der Waals surface area contributed by atoms with E-state index in [0.717, 1.165) is 38.8 Å². The van der Waals surface area contributed by atoms with Crippen molar-refractivity contribution >= 4 is 10.0 Å². The van der Waals surface area contributed by atoms with Crippen LogP contribution < -0.4 is 4.72 Å². The zero-order chi connectivity index (χ0) is 22.7. The van der Waals surface area contributed by atoms with Gasteiger partial charge in [-0.15, -0.1) is 0 Å². The number of likely N-dealkylation sites (N-methyl/N-ethyl adjacent to an activating group) is 1. The van der Waals surface area contributed by atoms with Gasteiger partial charge in [-0.05, 0) is 69.3 Å². The molecule has 0 aromatic heterocycles. The van der Waals surface area contributed by atoms with E-state index in [-0.39, 0.29) is 34.8 Å². The number of ether oxygens (including phenoxy) is 1. The minimum atomic E-state index is -3.86. The van der Waals surface area contributed by atoms with E-state index < -0.39 is 23.4 Å². The number of benzene rings is 1. The molecule has 1 fully saturated rings. The number of sulfonamides is 1. The molecule has 0 aliphatic heterocycles. The van der Waals surface area contributed by atoms with Crippen LogP contribution in [0.25, 0.3) is 0 Å². The van der Waals surface area contributed by atoms with E-state index in [4.69, 9.17) is 9.84 Å². The molecule has 178 valence electrons. The second-order valence-corrected chi connectivity index (χ2v) is 9.72. The van der Waals surface area contributed by atoms with Crippen molar-refractivity contribution in [3.05, 3.63) is 29.3 Å². The Hall–Kier alpha value is -1.13. The highest BCUT2D eigenvalue weighted by molar-refractivity contribution is 7.89. The summed E-state index contributed by atoms with van der Waals surface area (Å²) >= 11 is 0. The zero-order valence-electron chi connectivity index (χ0n) is 18.4. The molecule has 0 spiro atoms. The lowest BCUT2D eigenvalue weighted by Crippen LogP contribution is -2.39. The summed E-state index contributed by atoms with van der Waals surface area (Å²) in [5.74, 6) is 0. The first-order valence-electron chi connectivity index (χ1n) is 11.1. The van der Waals surface area contributed by atoms with Crippen LogP contribution >= 0.6 is 0 Å². The first kappa shape index (κ1) is 26.1. The highest BCUT2D eigenvalue weighted by Gasteiger charge is 2.27. The Labute approximate surface area is 185 Å². The summed E-state index contributed by atoms with van der Waals surface area (Å²) in [7, 11) is -3.86. The van der Waals surface area contributed by atoms with Gasteiger partial charge in [0, 0.05) is 24.8 Å². The fraction of sp³-hybridized carbons (Fsp3) is 0.727. The number of hydrogen-bond acceptors (Lipinski definition) is 5. The predicted molar refractivity (Wildman–Crippen MR) is 117 cm³/mol. The summed E-state index contributed by atoms with van der Waals surface area (Å²) in [6, 6.07) is 3.71. The molecule has 31 heavy (non-hydrogen) atoms. The number of halogens is 2. The van der Waals surface area contributed by atoms with Gasteiger partial charge in [0.2, 0.25) is 10.0 Å². The molecule has 0 bridgehead atoms. The topological polar surface area (TPSA) is 78.9 Å². The molecule has 0 heterocycles. The van der Waals surface area contributed by atoms with Crippen molar-refractivity contribution in [2.45, 2.75) is 75.8 Å². The molecule has 1 aromatic carbocycles. The van der Waals surface area contributed by atoms with Crippen molar-refractivity contribution in [2.24, 2.45) is 0 Å². The molecule has 0 atom stereocenters. The van der Waals surface area contributed by atoms with Crippen molar-refractivity contribution < 1.29 is 27.0 Å². The van der Waals surface area contributed by atoms with Gasteiger partial charge < -0.3 is 14.7 Å². The van der Waals surface area contributed by atoms with Crippen molar-refractivity contribution in [1.29, 1.82) is 0 Å². The molecule has 2 N–H and O–H groups in total. The molecule has 1 aliphatic rings. The van der Waals surface area contributed by atoms with E-state index in [0.29, 0.717) is 26.0 Å². The van der Waals surface area contributed by atoms with Crippen molar-refractivity contribution in [3.63, 3.8) is 0 Å². The second kappa shape index (κ2) is 13.4. The molecule has 2 rings (SSSR count). The Kier molecular flexibility index (Phi) is 11.3. The normalized spacial score (nSPS) is 19.8. The van der Waals surface area contributed by atoms with Crippen molar-refractivity contribution in [2.75, 3.05) is 32.8 Å². The highest BCUT2D eigenvalue weighted by atomic mass is 32.2. The Balaban J connectivity index is 1.74. The smallest absolute Gasteiger partial charge is 0.241 e. The maximum absolute atomic E-state index is 13.3. The summed E-state index contributed by atoms with van der Waals surface area (Å²) in [6.07, 6.45) is 4.97. The maximum atomic E-state index is 13.3. The Bertz CT molecular complexity index is 756. The van der Waals surface area contributed by atoms with Gasteiger partial charge in [-0.1, -0.05) is 13.0 Å². The highest BCUT2D eigenvalue weighted by Crippen LogP contribution is 2.25. The average Bonchev–Trinajstić information content (AvgIpc) is 2.78. The van der Waals surface area contributed by atoms with E-state index in [2.05, 4.69) is 16.5 Å². The van der Waals surface area contributed by atoms with Crippen LogP contribution in [-0.4, -0.2) is 63.4 Å². The minimum Gasteiger partial charge on any atom is -0.395 e. The number of alkyl halides is 2. The molecule has 0 radical (unpaired) electrons. The molecular formula is C22H36F2N2O4S. The fourth-order valence-electron chi connectivity index (χ4n) is 3.97. The van der Waals surface area contributed by atoms with Gasteiger partial charge in [0.25, 0.3) is 0 Å². The number of aliphatic hydroxyl groups excluding tert-OH is 1. The summed E-state index contributed by atoms with van der Waals surface area (Å²) in [4.78, 5) is 2.09. The quantitative estimate of drug-likeness (QED) is 0.415. The average molecular weight is 463 g/mol. The first-order chi connectivity index (χ1) is 14.9. The Morgan fingerprint density at radius 3 is 2.48 bits per heavy atom. The number of rotatable bonds is 14. The van der Waals surface area contributed by atoms with Crippen molar-refractivity contribution in [1.82, 2.24) is 9.62 Å². The van der Waals surface area contributed by atoms with Crippen LogP contribution in [0, 0.1) is 0 Å². The lowest BCUT2D eigenvalue weighted by atomic mass is 9.94. The lowest BCUT2D eigenvalue weighted by molar-refractivity contribution is 0.0212. The summed E-state index contributed by atoms with van der Waals surface area (Å²) in [6.45, 7) is 3.79. The largest absolute Gasteiger partial charge is 0.395 e. The van der Waals surface area contributed by atoms with Crippen LogP contribution in [0.5, 0.6) is 0 Å². The van der Waals surface area contributed by atoms with E-state index in [1.165, 1.54) is 18.2 Å². The van der Waals surface area contributed by atoms with Gasteiger partial charge in [-0.2, -0.15) is 0 Å². The number of hydrogen-bond donors (Lipinski definition) is 2. The van der Waals surface area contributed by atoms with Crippen LogP contribution in [0.15, 0.2) is 23.1 Å². The van der Waals surface area contributed by atoms with Crippen LogP contribution in [0.4, 0.5) is 8.78 Å². The summed E-state index contributed by atoms with van der Waals surface area (Å²) in [5.41, 5.74) is 0.250. The predicted octanol–water partition coefficient (Wildman–Crippen LogP) is 3.33. The third-order valence-electron chi connectivity index (χ3n) is 5.79. The standard InChI is InChI=1S/C22H36F2N2O4S/c1-2-26(12-13-27)11-3-4-14-30-21-8-6-20(7-9-21)25-31(28,29)22-10-5-18(16-23)15-19(22)17-24/h5,10,15,20-21,25,27H,2-4,6-9,11-14,16-17H2,1H3.